The molecule has 4 aliphatic heterocycles. The number of piperidine rings is 1. The third-order valence-corrected chi connectivity index (χ3v) is 13.3. The number of aromatic nitrogens is 4. The summed E-state index contributed by atoms with van der Waals surface area (Å²) < 4.78 is 4.20. The summed E-state index contributed by atoms with van der Waals surface area (Å²) in [6.45, 7) is 11.5. The Labute approximate surface area is 332 Å². The van der Waals surface area contributed by atoms with Crippen LogP contribution >= 0.6 is 11.3 Å². The van der Waals surface area contributed by atoms with E-state index in [0.29, 0.717) is 24.4 Å². The van der Waals surface area contributed by atoms with Crippen LogP contribution in [0.15, 0.2) is 59.5 Å². The highest BCUT2D eigenvalue weighted by Gasteiger charge is 2.33. The van der Waals surface area contributed by atoms with E-state index < -0.39 is 11.9 Å². The van der Waals surface area contributed by atoms with Gasteiger partial charge in [-0.2, -0.15) is 0 Å². The Hall–Kier alpha value is -5.80. The van der Waals surface area contributed by atoms with Crippen molar-refractivity contribution in [3.05, 3.63) is 75.7 Å². The van der Waals surface area contributed by atoms with Crippen LogP contribution in [0.2, 0.25) is 0 Å². The number of hydrogen-bond donors (Lipinski definition) is 3. The fourth-order valence-corrected chi connectivity index (χ4v) is 10.2. The number of imidazole rings is 1. The van der Waals surface area contributed by atoms with Crippen molar-refractivity contribution in [2.24, 2.45) is 13.0 Å². The molecule has 10 rings (SSSR count). The van der Waals surface area contributed by atoms with Crippen molar-refractivity contribution in [2.45, 2.75) is 38.8 Å². The molecule has 15 heteroatoms. The zero-order valence-electron chi connectivity index (χ0n) is 32.2. The SMILES string of the molecule is Cc1cc(N2CCN(CC3CN(c4ccc5c(c4)n(C)c(=O)n5C4CCC(=O)NC4=O)C3)CC2)ncc1-c1ccc2c(ccc3sc4c(c32)NC[C@@H](C)NC4=O)n1. The van der Waals surface area contributed by atoms with Crippen molar-refractivity contribution in [1.29, 1.82) is 0 Å². The van der Waals surface area contributed by atoms with Crippen LogP contribution in [0.1, 0.15) is 41.0 Å². The lowest BCUT2D eigenvalue weighted by Crippen LogP contribution is -2.55. The number of carbonyl (C=O) groups is 3. The Morgan fingerprint density at radius 3 is 2.54 bits per heavy atom. The number of anilines is 3. The summed E-state index contributed by atoms with van der Waals surface area (Å²) in [6, 6.07) is 15.9. The molecule has 2 aromatic carbocycles. The number of amides is 3. The number of aryl methyl sites for hydroxylation is 2. The highest BCUT2D eigenvalue weighted by Crippen LogP contribution is 2.41. The Bertz CT molecular complexity index is 2700. The van der Waals surface area contributed by atoms with E-state index in [9.17, 15) is 19.2 Å². The third-order valence-electron chi connectivity index (χ3n) is 12.2. The van der Waals surface area contributed by atoms with Gasteiger partial charge in [-0.1, -0.05) is 0 Å². The second kappa shape index (κ2) is 13.7. The molecule has 4 aromatic heterocycles. The highest BCUT2D eigenvalue weighted by molar-refractivity contribution is 7.21. The van der Waals surface area contributed by atoms with Gasteiger partial charge in [0.2, 0.25) is 11.8 Å². The summed E-state index contributed by atoms with van der Waals surface area (Å²) in [5.41, 5.74) is 7.13. The Balaban J connectivity index is 0.767. The van der Waals surface area contributed by atoms with Crippen LogP contribution in [0.25, 0.3) is 43.3 Å². The predicted molar refractivity (Wildman–Crippen MR) is 223 cm³/mol. The molecule has 0 aliphatic carbocycles. The summed E-state index contributed by atoms with van der Waals surface area (Å²) in [5.74, 6) is 0.806. The summed E-state index contributed by atoms with van der Waals surface area (Å²) in [5, 5.41) is 11.0. The van der Waals surface area contributed by atoms with Gasteiger partial charge in [-0.05, 0) is 74.4 Å². The summed E-state index contributed by atoms with van der Waals surface area (Å²) in [7, 11) is 1.73. The van der Waals surface area contributed by atoms with Crippen molar-refractivity contribution in [3.63, 3.8) is 0 Å². The van der Waals surface area contributed by atoms with Gasteiger partial charge in [0.05, 0.1) is 27.9 Å². The molecule has 8 heterocycles. The van der Waals surface area contributed by atoms with E-state index in [1.165, 1.54) is 15.9 Å². The zero-order valence-corrected chi connectivity index (χ0v) is 33.0. The van der Waals surface area contributed by atoms with Gasteiger partial charge in [0.1, 0.15) is 16.7 Å². The van der Waals surface area contributed by atoms with E-state index in [1.807, 2.05) is 37.4 Å². The molecule has 3 amide bonds. The molecule has 2 atom stereocenters. The minimum Gasteiger partial charge on any atom is -0.381 e. The molecule has 0 spiro atoms. The predicted octanol–water partition coefficient (Wildman–Crippen LogP) is 4.25. The number of carbonyl (C=O) groups excluding carboxylic acids is 3. The standard InChI is InChI=1S/C42H44N10O4S/c1-23-16-35(43-19-28(23)30-6-5-27-29(46-30)7-10-34-37(27)38-39(57-34)41(55)45-24(2)18-44-38)50-14-12-49(13-15-50)20-25-21-51(22-25)26-4-8-31-33(17-26)48(3)42(56)52(31)32-9-11-36(53)47-40(32)54/h4-8,10,16-17,19,24-25,32,44H,9,11-15,18,20-22H2,1-3H3,(H,45,55)(H,47,53,54)/t24-,32?/m1/s1. The van der Waals surface area contributed by atoms with Gasteiger partial charge >= 0.3 is 5.69 Å². The fourth-order valence-electron chi connectivity index (χ4n) is 9.06. The van der Waals surface area contributed by atoms with Gasteiger partial charge in [0.25, 0.3) is 5.91 Å². The molecule has 3 N–H and O–H groups in total. The monoisotopic (exact) mass is 784 g/mol. The number of benzene rings is 2. The van der Waals surface area contributed by atoms with Gasteiger partial charge in [-0.25, -0.2) is 14.8 Å². The van der Waals surface area contributed by atoms with Crippen LogP contribution in [-0.2, 0) is 16.6 Å². The van der Waals surface area contributed by atoms with Crippen LogP contribution in [-0.4, -0.2) is 100 Å². The lowest BCUT2D eigenvalue weighted by atomic mass is 9.98. The minimum atomic E-state index is -0.684. The van der Waals surface area contributed by atoms with Gasteiger partial charge in [-0.3, -0.25) is 33.7 Å². The van der Waals surface area contributed by atoms with Crippen molar-refractivity contribution in [3.8, 4) is 11.3 Å². The highest BCUT2D eigenvalue weighted by atomic mass is 32.1. The lowest BCUT2D eigenvalue weighted by Gasteiger charge is -2.45. The van der Waals surface area contributed by atoms with E-state index in [0.717, 1.165) is 111 Å². The molecule has 0 radical (unpaired) electrons. The molecule has 3 fully saturated rings. The van der Waals surface area contributed by atoms with Crippen molar-refractivity contribution < 1.29 is 14.4 Å². The molecule has 57 heavy (non-hydrogen) atoms. The van der Waals surface area contributed by atoms with Crippen LogP contribution in [0.4, 0.5) is 17.2 Å². The molecular weight excluding hydrogens is 741 g/mol. The Morgan fingerprint density at radius 2 is 1.75 bits per heavy atom. The summed E-state index contributed by atoms with van der Waals surface area (Å²) in [4.78, 5) is 68.3. The average molecular weight is 785 g/mol. The smallest absolute Gasteiger partial charge is 0.329 e. The number of rotatable bonds is 6. The number of pyridine rings is 2. The topological polar surface area (TPSA) is 150 Å². The van der Waals surface area contributed by atoms with Crippen molar-refractivity contribution in [2.75, 3.05) is 67.5 Å². The molecule has 292 valence electrons. The quantitative estimate of drug-likeness (QED) is 0.209. The average Bonchev–Trinajstić information content (AvgIpc) is 3.64. The number of nitrogens with one attached hydrogen (secondary N) is 3. The molecule has 4 aliphatic rings. The van der Waals surface area contributed by atoms with Crippen LogP contribution in [0.5, 0.6) is 0 Å². The van der Waals surface area contributed by atoms with E-state index in [4.69, 9.17) is 9.97 Å². The Morgan fingerprint density at radius 1 is 0.930 bits per heavy atom. The molecular formula is C42H44N10O4S. The second-order valence-corrected chi connectivity index (χ2v) is 17.1. The maximum Gasteiger partial charge on any atom is 0.329 e. The summed E-state index contributed by atoms with van der Waals surface area (Å²) in [6.07, 6.45) is 2.50. The van der Waals surface area contributed by atoms with Crippen LogP contribution in [0.3, 0.4) is 0 Å². The summed E-state index contributed by atoms with van der Waals surface area (Å²) >= 11 is 1.52. The van der Waals surface area contributed by atoms with Gasteiger partial charge < -0.3 is 20.4 Å². The fraction of sp³-hybridized carbons (Fsp3) is 0.381. The van der Waals surface area contributed by atoms with Gasteiger partial charge in [0.15, 0.2) is 0 Å². The van der Waals surface area contributed by atoms with Crippen molar-refractivity contribution >= 4 is 78.3 Å². The van der Waals surface area contributed by atoms with Crippen molar-refractivity contribution in [1.82, 2.24) is 34.6 Å². The van der Waals surface area contributed by atoms with E-state index in [1.54, 1.807) is 11.6 Å². The largest absolute Gasteiger partial charge is 0.381 e. The number of hydrogen-bond acceptors (Lipinski definition) is 11. The number of nitrogens with zero attached hydrogens (tertiary/aromatic N) is 7. The first-order valence-corrected chi connectivity index (χ1v) is 20.6. The first-order chi connectivity index (χ1) is 27.6. The molecule has 0 saturated carbocycles. The number of fused-ring (bicyclic) bond motifs is 6. The second-order valence-electron chi connectivity index (χ2n) is 16.0. The van der Waals surface area contributed by atoms with E-state index >= 15 is 0 Å². The first kappa shape index (κ1) is 35.6. The van der Waals surface area contributed by atoms with Gasteiger partial charge in [-0.15, -0.1) is 11.3 Å². The Kier molecular flexibility index (Phi) is 8.55. The number of imide groups is 1. The third kappa shape index (κ3) is 6.11. The molecule has 6 aromatic rings. The number of thiophene rings is 1. The van der Waals surface area contributed by atoms with Crippen LogP contribution in [0, 0.1) is 12.8 Å². The normalized spacial score (nSPS) is 20.7. The van der Waals surface area contributed by atoms with Gasteiger partial charge in [0, 0.05) is 111 Å². The van der Waals surface area contributed by atoms with Crippen LogP contribution < -0.4 is 31.4 Å². The molecule has 3 saturated heterocycles. The lowest BCUT2D eigenvalue weighted by molar-refractivity contribution is -0.135. The number of piperazine rings is 1. The first-order valence-electron chi connectivity index (χ1n) is 19.7. The maximum atomic E-state index is 13.2. The molecule has 0 bridgehead atoms. The van der Waals surface area contributed by atoms with E-state index in [2.05, 4.69) is 61.8 Å². The molecule has 1 unspecified atom stereocenters. The minimum absolute atomic E-state index is 0.0275. The van der Waals surface area contributed by atoms with E-state index in [-0.39, 0.29) is 30.0 Å². The maximum absolute atomic E-state index is 13.2. The zero-order chi connectivity index (χ0) is 39.1. The molecule has 14 nitrogen and oxygen atoms in total.